The van der Waals surface area contributed by atoms with Crippen LogP contribution >= 0.6 is 11.8 Å². The van der Waals surface area contributed by atoms with Gasteiger partial charge in [-0.05, 0) is 30.9 Å². The number of amides is 1. The van der Waals surface area contributed by atoms with E-state index in [0.29, 0.717) is 17.7 Å². The minimum Gasteiger partial charge on any atom is -0.379 e. The summed E-state index contributed by atoms with van der Waals surface area (Å²) >= 11 is 1.46. The average molecular weight is 430 g/mol. The summed E-state index contributed by atoms with van der Waals surface area (Å²) in [5.41, 5.74) is 1.02. The number of nitrogens with zero attached hydrogens (tertiary/aromatic N) is 4. The number of para-hydroxylation sites is 1. The Hall–Kier alpha value is -1.90. The minimum atomic E-state index is 0.0797. The lowest BCUT2D eigenvalue weighted by molar-refractivity contribution is -0.119. The van der Waals surface area contributed by atoms with Crippen molar-refractivity contribution in [2.24, 2.45) is 5.92 Å². The van der Waals surface area contributed by atoms with Gasteiger partial charge < -0.3 is 10.1 Å². The Kier molecular flexibility index (Phi) is 7.41. The third kappa shape index (κ3) is 5.42. The van der Waals surface area contributed by atoms with Crippen molar-refractivity contribution in [3.63, 3.8) is 0 Å². The molecule has 1 aromatic heterocycles. The lowest BCUT2D eigenvalue weighted by Gasteiger charge is -2.29. The van der Waals surface area contributed by atoms with Gasteiger partial charge in [0.15, 0.2) is 11.0 Å². The van der Waals surface area contributed by atoms with Crippen molar-refractivity contribution in [3.05, 3.63) is 36.2 Å². The summed E-state index contributed by atoms with van der Waals surface area (Å²) in [6, 6.07) is 10.4. The van der Waals surface area contributed by atoms with Gasteiger partial charge in [-0.2, -0.15) is 0 Å². The van der Waals surface area contributed by atoms with Crippen LogP contribution in [0.25, 0.3) is 5.69 Å². The van der Waals surface area contributed by atoms with Gasteiger partial charge in [0.05, 0.1) is 25.5 Å². The van der Waals surface area contributed by atoms with Crippen LogP contribution in [0.4, 0.5) is 0 Å². The van der Waals surface area contributed by atoms with Crippen molar-refractivity contribution >= 4 is 17.7 Å². The average Bonchev–Trinajstić information content (AvgIpc) is 3.17. The molecule has 0 bridgehead atoms. The van der Waals surface area contributed by atoms with Gasteiger partial charge in [0, 0.05) is 24.8 Å². The molecular formula is C22H31N5O2S. The molecule has 4 rings (SSSR count). The molecule has 0 radical (unpaired) electrons. The van der Waals surface area contributed by atoms with Gasteiger partial charge in [-0.1, -0.05) is 49.7 Å². The number of nitrogens with one attached hydrogen (secondary N) is 1. The number of benzene rings is 1. The molecular weight excluding hydrogens is 398 g/mol. The fourth-order valence-electron chi connectivity index (χ4n) is 4.20. The van der Waals surface area contributed by atoms with Crippen LogP contribution in [-0.2, 0) is 16.1 Å². The fraction of sp³-hybridized carbons (Fsp3) is 0.591. The number of rotatable bonds is 7. The smallest absolute Gasteiger partial charge is 0.230 e. The van der Waals surface area contributed by atoms with Crippen molar-refractivity contribution in [3.8, 4) is 5.69 Å². The number of morpholine rings is 1. The zero-order valence-corrected chi connectivity index (χ0v) is 18.4. The summed E-state index contributed by atoms with van der Waals surface area (Å²) in [4.78, 5) is 14.9. The van der Waals surface area contributed by atoms with E-state index >= 15 is 0 Å². The Morgan fingerprint density at radius 3 is 2.70 bits per heavy atom. The molecule has 2 aliphatic rings. The number of aromatic nitrogens is 3. The second-order valence-corrected chi connectivity index (χ2v) is 9.13. The Balaban J connectivity index is 1.44. The van der Waals surface area contributed by atoms with Crippen molar-refractivity contribution in [1.82, 2.24) is 25.0 Å². The Labute approximate surface area is 182 Å². The zero-order valence-electron chi connectivity index (χ0n) is 17.6. The highest BCUT2D eigenvalue weighted by molar-refractivity contribution is 7.99. The Morgan fingerprint density at radius 1 is 1.17 bits per heavy atom. The molecule has 2 heterocycles. The van der Waals surface area contributed by atoms with E-state index in [0.717, 1.165) is 55.9 Å². The molecule has 162 valence electrons. The van der Waals surface area contributed by atoms with Crippen molar-refractivity contribution < 1.29 is 9.53 Å². The molecule has 2 aromatic rings. The molecule has 30 heavy (non-hydrogen) atoms. The maximum absolute atomic E-state index is 12.6. The van der Waals surface area contributed by atoms with E-state index < -0.39 is 0 Å². The number of hydrogen-bond donors (Lipinski definition) is 1. The van der Waals surface area contributed by atoms with E-state index in [1.807, 2.05) is 18.2 Å². The molecule has 0 spiro atoms. The minimum absolute atomic E-state index is 0.0797. The van der Waals surface area contributed by atoms with E-state index in [9.17, 15) is 4.79 Å². The normalized spacial score (nSPS) is 22.7. The van der Waals surface area contributed by atoms with Gasteiger partial charge in [0.25, 0.3) is 0 Å². The highest BCUT2D eigenvalue weighted by Crippen LogP contribution is 2.25. The molecule has 0 unspecified atom stereocenters. The molecule has 8 heteroatoms. The number of thioether (sulfide) groups is 1. The summed E-state index contributed by atoms with van der Waals surface area (Å²) in [5, 5.41) is 12.9. The molecule has 7 nitrogen and oxygen atoms in total. The first-order chi connectivity index (χ1) is 14.7. The SMILES string of the molecule is C[C@H]1CCCC[C@H]1NC(=O)CSc1nnc(CN2CCOCC2)n1-c1ccccc1. The van der Waals surface area contributed by atoms with Crippen LogP contribution in [0.3, 0.4) is 0 Å². The van der Waals surface area contributed by atoms with E-state index in [1.165, 1.54) is 31.0 Å². The topological polar surface area (TPSA) is 72.3 Å². The lowest BCUT2D eigenvalue weighted by Crippen LogP contribution is -2.41. The van der Waals surface area contributed by atoms with Crippen LogP contribution in [0.1, 0.15) is 38.4 Å². The maximum atomic E-state index is 12.6. The van der Waals surface area contributed by atoms with Gasteiger partial charge in [0.1, 0.15) is 0 Å². The summed E-state index contributed by atoms with van der Waals surface area (Å²) in [5.74, 6) is 1.88. The van der Waals surface area contributed by atoms with Gasteiger partial charge in [-0.25, -0.2) is 0 Å². The van der Waals surface area contributed by atoms with E-state index in [2.05, 4.69) is 44.0 Å². The molecule has 2 fully saturated rings. The Morgan fingerprint density at radius 2 is 1.93 bits per heavy atom. The summed E-state index contributed by atoms with van der Waals surface area (Å²) in [6.45, 7) is 6.25. The molecule has 2 atom stereocenters. The number of carbonyl (C=O) groups is 1. The predicted octanol–water partition coefficient (Wildman–Crippen LogP) is 2.89. The Bertz CT molecular complexity index is 822. The van der Waals surface area contributed by atoms with Crippen molar-refractivity contribution in [2.75, 3.05) is 32.1 Å². The molecule has 1 aliphatic carbocycles. The first kappa shape index (κ1) is 21.3. The van der Waals surface area contributed by atoms with Crippen molar-refractivity contribution in [1.29, 1.82) is 0 Å². The summed E-state index contributed by atoms with van der Waals surface area (Å²) < 4.78 is 7.54. The molecule has 1 saturated heterocycles. The second-order valence-electron chi connectivity index (χ2n) is 8.18. The third-order valence-corrected chi connectivity index (χ3v) is 6.90. The first-order valence-electron chi connectivity index (χ1n) is 10.9. The van der Waals surface area contributed by atoms with E-state index in [-0.39, 0.29) is 5.91 Å². The highest BCUT2D eigenvalue weighted by Gasteiger charge is 2.24. The van der Waals surface area contributed by atoms with Crippen LogP contribution in [0.15, 0.2) is 35.5 Å². The largest absolute Gasteiger partial charge is 0.379 e. The number of ether oxygens (including phenoxy) is 1. The van der Waals surface area contributed by atoms with Crippen molar-refractivity contribution in [2.45, 2.75) is 50.4 Å². The van der Waals surface area contributed by atoms with Crippen LogP contribution < -0.4 is 5.32 Å². The first-order valence-corrected chi connectivity index (χ1v) is 11.9. The molecule has 1 N–H and O–H groups in total. The molecule has 1 aliphatic heterocycles. The monoisotopic (exact) mass is 429 g/mol. The van der Waals surface area contributed by atoms with E-state index in [4.69, 9.17) is 4.74 Å². The van der Waals surface area contributed by atoms with Gasteiger partial charge >= 0.3 is 0 Å². The summed E-state index contributed by atoms with van der Waals surface area (Å²) in [7, 11) is 0. The fourth-order valence-corrected chi connectivity index (χ4v) is 4.98. The lowest BCUT2D eigenvalue weighted by atomic mass is 9.86. The van der Waals surface area contributed by atoms with Crippen LogP contribution in [-0.4, -0.2) is 63.7 Å². The van der Waals surface area contributed by atoms with Gasteiger partial charge in [-0.3, -0.25) is 14.3 Å². The van der Waals surface area contributed by atoms with Crippen LogP contribution in [0.5, 0.6) is 0 Å². The van der Waals surface area contributed by atoms with E-state index in [1.54, 1.807) is 0 Å². The van der Waals surface area contributed by atoms with Crippen LogP contribution in [0, 0.1) is 5.92 Å². The highest BCUT2D eigenvalue weighted by atomic mass is 32.2. The van der Waals surface area contributed by atoms with Crippen LogP contribution in [0.2, 0.25) is 0 Å². The molecule has 1 aromatic carbocycles. The quantitative estimate of drug-likeness (QED) is 0.683. The third-order valence-electron chi connectivity index (χ3n) is 5.97. The predicted molar refractivity (Wildman–Crippen MR) is 118 cm³/mol. The number of carbonyl (C=O) groups excluding carboxylic acids is 1. The maximum Gasteiger partial charge on any atom is 0.230 e. The molecule has 1 saturated carbocycles. The van der Waals surface area contributed by atoms with Gasteiger partial charge in [-0.15, -0.1) is 10.2 Å². The molecule has 1 amide bonds. The number of hydrogen-bond acceptors (Lipinski definition) is 6. The second kappa shape index (κ2) is 10.4. The van der Waals surface area contributed by atoms with Gasteiger partial charge in [0.2, 0.25) is 5.91 Å². The summed E-state index contributed by atoms with van der Waals surface area (Å²) in [6.07, 6.45) is 4.76. The zero-order chi connectivity index (χ0) is 20.8. The standard InChI is InChI=1S/C22H31N5O2S/c1-17-7-5-6-10-19(17)23-21(28)16-30-22-25-24-20(15-26-11-13-29-14-12-26)27(22)18-8-3-2-4-9-18/h2-4,8-9,17,19H,5-7,10-16H2,1H3,(H,23,28)/t17-,19+/m0/s1.